The van der Waals surface area contributed by atoms with Crippen molar-refractivity contribution >= 4 is 29.6 Å². The molecule has 8 heavy (non-hydrogen) atoms. The maximum Gasteiger partial charge on any atom is 0 e. The molecule has 0 bridgehead atoms. The summed E-state index contributed by atoms with van der Waals surface area (Å²) in [5, 5.41) is 0. The fourth-order valence-electron chi connectivity index (χ4n) is 0.754. The third kappa shape index (κ3) is 2.17. The number of allylic oxidation sites excluding steroid dienone is 4. The monoisotopic (exact) mass is 117 g/mol. The van der Waals surface area contributed by atoms with Crippen LogP contribution in [0.5, 0.6) is 0 Å². The van der Waals surface area contributed by atoms with Gasteiger partial charge in [-0.2, -0.15) is 0 Å². The van der Waals surface area contributed by atoms with Gasteiger partial charge in [-0.15, -0.1) is 0 Å². The molecule has 1 aliphatic rings. The first-order valence-corrected chi connectivity index (χ1v) is 2.78. The van der Waals surface area contributed by atoms with Gasteiger partial charge < -0.3 is 0 Å². The molecule has 0 atom stereocenters. The van der Waals surface area contributed by atoms with Gasteiger partial charge in [0.25, 0.3) is 0 Å². The zero-order chi connectivity index (χ0) is 5.11. The predicted octanol–water partition coefficient (Wildman–Crippen LogP) is 1.90. The Kier molecular flexibility index (Phi) is 4.63. The predicted molar refractivity (Wildman–Crippen MR) is 37.9 cm³/mol. The first-order chi connectivity index (χ1) is 3.43. The fraction of sp³-hybridized carbons (Fsp3) is 0.429. The van der Waals surface area contributed by atoms with Gasteiger partial charge in [0.05, 0.1) is 0 Å². The van der Waals surface area contributed by atoms with Crippen molar-refractivity contribution in [2.24, 2.45) is 0 Å². The summed E-state index contributed by atoms with van der Waals surface area (Å²) >= 11 is 0. The molecule has 0 unspecified atom stereocenters. The van der Waals surface area contributed by atoms with Crippen molar-refractivity contribution < 1.29 is 0 Å². The molecule has 1 radical (unpaired) electrons. The Morgan fingerprint density at radius 1 is 1.62 bits per heavy atom. The molecule has 0 saturated heterocycles. The molecule has 0 amide bonds. The Bertz CT molecular complexity index is 112. The third-order valence-corrected chi connectivity index (χ3v) is 1.30. The maximum absolute atomic E-state index is 2.19. The summed E-state index contributed by atoms with van der Waals surface area (Å²) in [7, 11) is 0. The molecule has 0 spiro atoms. The van der Waals surface area contributed by atoms with Crippen LogP contribution in [0.4, 0.5) is 0 Å². The Morgan fingerprint density at radius 2 is 2.38 bits per heavy atom. The van der Waals surface area contributed by atoms with Gasteiger partial charge in [0.15, 0.2) is 0 Å². The van der Waals surface area contributed by atoms with Gasteiger partial charge >= 0.3 is 0 Å². The van der Waals surface area contributed by atoms with E-state index in [0.29, 0.717) is 0 Å². The summed E-state index contributed by atoms with van der Waals surface area (Å²) in [4.78, 5) is 0. The van der Waals surface area contributed by atoms with E-state index in [2.05, 4.69) is 25.2 Å². The van der Waals surface area contributed by atoms with E-state index in [-0.39, 0.29) is 29.6 Å². The largest absolute Gasteiger partial charge is 0.0805 e. The van der Waals surface area contributed by atoms with Crippen molar-refractivity contribution in [1.82, 2.24) is 0 Å². The molecule has 0 aliphatic heterocycles. The molecule has 0 aromatic carbocycles. The standard InChI is InChI=1S/C7H10.Na/c1-2-7-5-3-4-6-7;/h3-5H,2,6H2,1H3;. The van der Waals surface area contributed by atoms with Crippen molar-refractivity contribution in [3.63, 3.8) is 0 Å². The summed E-state index contributed by atoms with van der Waals surface area (Å²) < 4.78 is 0. The zero-order valence-corrected chi connectivity index (χ0v) is 7.65. The van der Waals surface area contributed by atoms with Crippen LogP contribution in [0.15, 0.2) is 23.8 Å². The van der Waals surface area contributed by atoms with E-state index in [0.717, 1.165) is 0 Å². The first-order valence-electron chi connectivity index (χ1n) is 2.78. The smallest absolute Gasteiger partial charge is 0 e. The summed E-state index contributed by atoms with van der Waals surface area (Å²) in [6.07, 6.45) is 8.92. The van der Waals surface area contributed by atoms with Crippen LogP contribution < -0.4 is 0 Å². The van der Waals surface area contributed by atoms with Crippen LogP contribution in [0.1, 0.15) is 19.8 Å². The second-order valence-corrected chi connectivity index (χ2v) is 1.81. The summed E-state index contributed by atoms with van der Waals surface area (Å²) in [6, 6.07) is 0. The Morgan fingerprint density at radius 3 is 2.62 bits per heavy atom. The van der Waals surface area contributed by atoms with Crippen LogP contribution in [0.25, 0.3) is 0 Å². The average Bonchev–Trinajstić information content (AvgIpc) is 2.14. The van der Waals surface area contributed by atoms with Crippen molar-refractivity contribution in [3.8, 4) is 0 Å². The van der Waals surface area contributed by atoms with Gasteiger partial charge in [-0.3, -0.25) is 0 Å². The van der Waals surface area contributed by atoms with E-state index < -0.39 is 0 Å². The van der Waals surface area contributed by atoms with E-state index in [1.807, 2.05) is 0 Å². The van der Waals surface area contributed by atoms with Crippen molar-refractivity contribution in [3.05, 3.63) is 23.8 Å². The van der Waals surface area contributed by atoms with Crippen LogP contribution in [0, 0.1) is 0 Å². The number of hydrogen-bond acceptors (Lipinski definition) is 0. The molecule has 39 valence electrons. The summed E-state index contributed by atoms with van der Waals surface area (Å²) in [5.74, 6) is 0. The minimum Gasteiger partial charge on any atom is -0.0805 e. The molecule has 0 saturated carbocycles. The Balaban J connectivity index is 0.000000490. The van der Waals surface area contributed by atoms with E-state index in [1.54, 1.807) is 5.57 Å². The molecule has 0 heterocycles. The van der Waals surface area contributed by atoms with Gasteiger partial charge in [-0.1, -0.05) is 30.7 Å². The van der Waals surface area contributed by atoms with Gasteiger partial charge in [0.1, 0.15) is 0 Å². The van der Waals surface area contributed by atoms with Gasteiger partial charge in [0, 0.05) is 29.6 Å². The van der Waals surface area contributed by atoms with Gasteiger partial charge in [0.2, 0.25) is 0 Å². The second kappa shape index (κ2) is 4.37. The van der Waals surface area contributed by atoms with Gasteiger partial charge in [-0.25, -0.2) is 0 Å². The van der Waals surface area contributed by atoms with Crippen molar-refractivity contribution in [2.75, 3.05) is 0 Å². The minimum absolute atomic E-state index is 0. The molecule has 0 aromatic heterocycles. The molecule has 0 N–H and O–H groups in total. The van der Waals surface area contributed by atoms with Crippen LogP contribution in [-0.4, -0.2) is 29.6 Å². The topological polar surface area (TPSA) is 0 Å². The minimum atomic E-state index is 0. The Hall–Kier alpha value is 0.480. The van der Waals surface area contributed by atoms with Crippen LogP contribution >= 0.6 is 0 Å². The molecule has 1 aliphatic carbocycles. The van der Waals surface area contributed by atoms with Crippen LogP contribution in [-0.2, 0) is 0 Å². The molecule has 0 aromatic rings. The first kappa shape index (κ1) is 8.48. The van der Waals surface area contributed by atoms with Crippen LogP contribution in [0.3, 0.4) is 0 Å². The molecule has 1 rings (SSSR count). The Labute approximate surface area is 73.0 Å². The molecular formula is C7H10Na. The van der Waals surface area contributed by atoms with E-state index in [9.17, 15) is 0 Å². The van der Waals surface area contributed by atoms with Crippen molar-refractivity contribution in [1.29, 1.82) is 0 Å². The summed E-state index contributed by atoms with van der Waals surface area (Å²) in [5.41, 5.74) is 1.56. The van der Waals surface area contributed by atoms with Gasteiger partial charge in [-0.05, 0) is 12.8 Å². The van der Waals surface area contributed by atoms with E-state index >= 15 is 0 Å². The van der Waals surface area contributed by atoms with E-state index in [1.165, 1.54) is 12.8 Å². The van der Waals surface area contributed by atoms with Crippen LogP contribution in [0.2, 0.25) is 0 Å². The number of rotatable bonds is 1. The van der Waals surface area contributed by atoms with E-state index in [4.69, 9.17) is 0 Å². The third-order valence-electron chi connectivity index (χ3n) is 1.30. The molecular weight excluding hydrogens is 107 g/mol. The quantitative estimate of drug-likeness (QED) is 0.460. The fourth-order valence-corrected chi connectivity index (χ4v) is 0.754. The normalized spacial score (nSPS) is 15.4. The maximum atomic E-state index is 2.19. The second-order valence-electron chi connectivity index (χ2n) is 1.81. The molecule has 0 nitrogen and oxygen atoms in total. The van der Waals surface area contributed by atoms with Crippen molar-refractivity contribution in [2.45, 2.75) is 19.8 Å². The molecule has 0 fully saturated rings. The zero-order valence-electron chi connectivity index (χ0n) is 5.65. The SMILES string of the molecule is CCC1=CC=CC1.[Na]. The average molecular weight is 117 g/mol. The summed E-state index contributed by atoms with van der Waals surface area (Å²) in [6.45, 7) is 2.19. The number of hydrogen-bond donors (Lipinski definition) is 0. The molecule has 1 heteroatoms.